The first-order chi connectivity index (χ1) is 16.7. The largest absolute Gasteiger partial charge is 0.491 e. The number of amides is 1. The Balaban J connectivity index is 1.04. The first-order valence-electron chi connectivity index (χ1n) is 12.4. The van der Waals surface area contributed by atoms with Crippen molar-refractivity contribution in [3.8, 4) is 17.2 Å². The van der Waals surface area contributed by atoms with Gasteiger partial charge in [0.15, 0.2) is 11.5 Å². The summed E-state index contributed by atoms with van der Waals surface area (Å²) in [5, 5.41) is 0. The molecule has 0 N–H and O–H groups in total. The molecule has 5 rings (SSSR count). The van der Waals surface area contributed by atoms with Crippen molar-refractivity contribution in [1.29, 1.82) is 0 Å². The first kappa shape index (κ1) is 22.8. The van der Waals surface area contributed by atoms with Crippen LogP contribution in [0, 0.1) is 12.8 Å². The van der Waals surface area contributed by atoms with Gasteiger partial charge in [0.2, 0.25) is 0 Å². The molecule has 2 saturated heterocycles. The number of para-hydroxylation sites is 3. The minimum absolute atomic E-state index is 0.0291. The normalized spacial score (nSPS) is 23.1. The van der Waals surface area contributed by atoms with Gasteiger partial charge < -0.3 is 18.9 Å². The minimum atomic E-state index is -0.217. The molecule has 3 heterocycles. The number of nitrogens with zero attached hydrogens (tertiary/aromatic N) is 2. The Labute approximate surface area is 201 Å². The average Bonchev–Trinajstić information content (AvgIpc) is 3.22. The molecule has 2 atom stereocenters. The number of likely N-dealkylation sites (tertiary alicyclic amines) is 1. The van der Waals surface area contributed by atoms with Crippen LogP contribution in [0.2, 0.25) is 0 Å². The monoisotopic (exact) mass is 466 g/mol. The van der Waals surface area contributed by atoms with Crippen LogP contribution in [0.25, 0.3) is 0 Å². The zero-order valence-corrected chi connectivity index (χ0v) is 19.9. The van der Waals surface area contributed by atoms with Crippen LogP contribution in [0.3, 0.4) is 0 Å². The molecule has 2 aromatic carbocycles. The van der Waals surface area contributed by atoms with Crippen LogP contribution in [0.5, 0.6) is 17.2 Å². The Morgan fingerprint density at radius 3 is 2.56 bits per heavy atom. The number of aryl methyl sites for hydroxylation is 1. The summed E-state index contributed by atoms with van der Waals surface area (Å²) in [4.78, 5) is 16.6. The van der Waals surface area contributed by atoms with E-state index in [1.807, 2.05) is 60.4 Å². The molecular formula is C27H34N2O5. The molecular weight excluding hydrogens is 432 g/mol. The number of hydrogen-bond donors (Lipinski definition) is 0. The molecule has 0 spiro atoms. The van der Waals surface area contributed by atoms with Gasteiger partial charge in [-0.25, -0.2) is 4.79 Å². The Hall–Kier alpha value is -2.93. The predicted molar refractivity (Wildman–Crippen MR) is 129 cm³/mol. The van der Waals surface area contributed by atoms with Crippen molar-refractivity contribution in [2.24, 2.45) is 5.92 Å². The Morgan fingerprint density at radius 1 is 0.971 bits per heavy atom. The summed E-state index contributed by atoms with van der Waals surface area (Å²) in [6.45, 7) is 7.20. The number of cyclic esters (lactones) is 1. The van der Waals surface area contributed by atoms with Crippen LogP contribution < -0.4 is 14.2 Å². The zero-order chi connectivity index (χ0) is 23.3. The van der Waals surface area contributed by atoms with Crippen molar-refractivity contribution in [2.75, 3.05) is 46.0 Å². The second kappa shape index (κ2) is 10.6. The summed E-state index contributed by atoms with van der Waals surface area (Å²) in [5.74, 6) is 3.16. The van der Waals surface area contributed by atoms with Crippen molar-refractivity contribution < 1.29 is 23.7 Å². The van der Waals surface area contributed by atoms with Crippen molar-refractivity contribution in [3.63, 3.8) is 0 Å². The summed E-state index contributed by atoms with van der Waals surface area (Å²) in [7, 11) is 0. The molecule has 7 heteroatoms. The molecule has 2 fully saturated rings. The summed E-state index contributed by atoms with van der Waals surface area (Å²) in [6.07, 6.45) is 3.13. The average molecular weight is 467 g/mol. The van der Waals surface area contributed by atoms with Gasteiger partial charge in [0, 0.05) is 13.1 Å². The fraction of sp³-hybridized carbons (Fsp3) is 0.519. The molecule has 3 aliphatic heterocycles. The predicted octanol–water partition coefficient (Wildman–Crippen LogP) is 4.14. The van der Waals surface area contributed by atoms with E-state index in [9.17, 15) is 4.79 Å². The zero-order valence-electron chi connectivity index (χ0n) is 19.9. The Bertz CT molecular complexity index is 975. The van der Waals surface area contributed by atoms with Crippen molar-refractivity contribution in [3.05, 3.63) is 54.1 Å². The molecule has 0 bridgehead atoms. The van der Waals surface area contributed by atoms with E-state index in [1.165, 1.54) is 0 Å². The van der Waals surface area contributed by atoms with Crippen molar-refractivity contribution >= 4 is 6.09 Å². The lowest BCUT2D eigenvalue weighted by Crippen LogP contribution is -2.44. The third kappa shape index (κ3) is 5.41. The van der Waals surface area contributed by atoms with Gasteiger partial charge in [-0.2, -0.15) is 0 Å². The van der Waals surface area contributed by atoms with Crippen molar-refractivity contribution in [2.45, 2.75) is 38.3 Å². The van der Waals surface area contributed by atoms with Gasteiger partial charge in [-0.15, -0.1) is 0 Å². The summed E-state index contributed by atoms with van der Waals surface area (Å²) in [6, 6.07) is 15.8. The molecule has 2 aromatic rings. The van der Waals surface area contributed by atoms with Crippen molar-refractivity contribution in [1.82, 2.24) is 9.80 Å². The topological polar surface area (TPSA) is 60.5 Å². The molecule has 34 heavy (non-hydrogen) atoms. The quantitative estimate of drug-likeness (QED) is 0.583. The standard InChI is InChI=1S/C27H34N2O5/c1-20-6-2-3-7-24(20)31-17-22-18-33-27(30)29(22)15-12-21-10-13-28(14-11-21)16-23-19-32-25-8-4-5-9-26(25)34-23/h2-9,21-23H,10-19H2,1H3/t22-,23+/m1/s1. The number of fused-ring (bicyclic) bond motifs is 1. The maximum Gasteiger partial charge on any atom is 0.410 e. The van der Waals surface area contributed by atoms with E-state index in [-0.39, 0.29) is 18.2 Å². The van der Waals surface area contributed by atoms with E-state index < -0.39 is 0 Å². The number of carbonyl (C=O) groups excluding carboxylic acids is 1. The van der Waals surface area contributed by atoms with Gasteiger partial charge in [0.05, 0.1) is 0 Å². The number of piperidine rings is 1. The summed E-state index contributed by atoms with van der Waals surface area (Å²) < 4.78 is 23.3. The second-order valence-electron chi connectivity index (χ2n) is 9.53. The number of rotatable bonds is 8. The number of benzene rings is 2. The maximum absolute atomic E-state index is 12.3. The van der Waals surface area contributed by atoms with E-state index in [0.717, 1.165) is 68.3 Å². The van der Waals surface area contributed by atoms with Gasteiger partial charge >= 0.3 is 6.09 Å². The number of carbonyl (C=O) groups is 1. The molecule has 7 nitrogen and oxygen atoms in total. The Morgan fingerprint density at radius 2 is 1.74 bits per heavy atom. The molecule has 0 unspecified atom stereocenters. The Kier molecular flexibility index (Phi) is 7.09. The van der Waals surface area contributed by atoms with E-state index in [4.69, 9.17) is 18.9 Å². The summed E-state index contributed by atoms with van der Waals surface area (Å²) in [5.41, 5.74) is 1.10. The fourth-order valence-corrected chi connectivity index (χ4v) is 5.03. The highest BCUT2D eigenvalue weighted by molar-refractivity contribution is 5.70. The number of hydrogen-bond acceptors (Lipinski definition) is 6. The third-order valence-corrected chi connectivity index (χ3v) is 7.11. The van der Waals surface area contributed by atoms with E-state index in [1.54, 1.807) is 0 Å². The van der Waals surface area contributed by atoms with Crippen LogP contribution in [-0.2, 0) is 4.74 Å². The first-order valence-corrected chi connectivity index (χ1v) is 12.4. The van der Waals surface area contributed by atoms with E-state index in [0.29, 0.717) is 25.7 Å². The maximum atomic E-state index is 12.3. The van der Waals surface area contributed by atoms with E-state index in [2.05, 4.69) is 4.90 Å². The molecule has 0 aromatic heterocycles. The molecule has 0 radical (unpaired) electrons. The van der Waals surface area contributed by atoms with Crippen LogP contribution in [0.1, 0.15) is 24.8 Å². The molecule has 1 amide bonds. The molecule has 3 aliphatic rings. The second-order valence-corrected chi connectivity index (χ2v) is 9.53. The molecule has 0 saturated carbocycles. The number of ether oxygens (including phenoxy) is 4. The van der Waals surface area contributed by atoms with Crippen LogP contribution in [0.4, 0.5) is 4.79 Å². The van der Waals surface area contributed by atoms with Crippen LogP contribution in [0.15, 0.2) is 48.5 Å². The highest BCUT2D eigenvalue weighted by atomic mass is 16.6. The van der Waals surface area contributed by atoms with Gasteiger partial charge in [-0.3, -0.25) is 9.80 Å². The fourth-order valence-electron chi connectivity index (χ4n) is 5.03. The lowest BCUT2D eigenvalue weighted by Gasteiger charge is -2.36. The minimum Gasteiger partial charge on any atom is -0.491 e. The lowest BCUT2D eigenvalue weighted by atomic mass is 9.93. The highest BCUT2D eigenvalue weighted by Gasteiger charge is 2.34. The van der Waals surface area contributed by atoms with Crippen LogP contribution in [-0.4, -0.2) is 74.0 Å². The molecule has 182 valence electrons. The van der Waals surface area contributed by atoms with Gasteiger partial charge in [-0.05, 0) is 69.0 Å². The van der Waals surface area contributed by atoms with E-state index >= 15 is 0 Å². The third-order valence-electron chi connectivity index (χ3n) is 7.11. The molecule has 0 aliphatic carbocycles. The smallest absolute Gasteiger partial charge is 0.410 e. The summed E-state index contributed by atoms with van der Waals surface area (Å²) >= 11 is 0. The van der Waals surface area contributed by atoms with Crippen LogP contribution >= 0.6 is 0 Å². The van der Waals surface area contributed by atoms with Gasteiger partial charge in [0.1, 0.15) is 37.7 Å². The van der Waals surface area contributed by atoms with Gasteiger partial charge in [0.25, 0.3) is 0 Å². The van der Waals surface area contributed by atoms with Gasteiger partial charge in [-0.1, -0.05) is 30.3 Å². The SMILES string of the molecule is Cc1ccccc1OC[C@@H]1COC(=O)N1CCC1CCN(C[C@H]2COc3ccccc3O2)CC1. The lowest BCUT2D eigenvalue weighted by molar-refractivity contribution is 0.0464. The highest BCUT2D eigenvalue weighted by Crippen LogP contribution is 2.31.